The first-order valence-electron chi connectivity index (χ1n) is 5.38. The number of halogens is 2. The number of aryl methyl sites for hydroxylation is 1. The highest BCUT2D eigenvalue weighted by molar-refractivity contribution is 5.18. The van der Waals surface area contributed by atoms with E-state index in [9.17, 15) is 8.78 Å². The van der Waals surface area contributed by atoms with Gasteiger partial charge in [0.25, 0.3) is 0 Å². The van der Waals surface area contributed by atoms with Gasteiger partial charge >= 0.3 is 0 Å². The fourth-order valence-corrected chi connectivity index (χ4v) is 1.41. The Morgan fingerprint density at radius 1 is 1.07 bits per heavy atom. The summed E-state index contributed by atoms with van der Waals surface area (Å²) in [6.45, 7) is 6.47. The zero-order valence-corrected chi connectivity index (χ0v) is 9.61. The minimum Gasteiger partial charge on any atom is -0.207 e. The van der Waals surface area contributed by atoms with E-state index in [1.807, 2.05) is 0 Å². The van der Waals surface area contributed by atoms with Crippen molar-refractivity contribution >= 4 is 0 Å². The molecule has 0 aliphatic heterocycles. The Balaban J connectivity index is 2.65. The third kappa shape index (κ3) is 3.98. The van der Waals surface area contributed by atoms with Crippen molar-refractivity contribution in [1.82, 2.24) is 0 Å². The van der Waals surface area contributed by atoms with Gasteiger partial charge in [-0.1, -0.05) is 27.2 Å². The fraction of sp³-hybridized carbons (Fsp3) is 0.538. The van der Waals surface area contributed by atoms with E-state index in [0.29, 0.717) is 0 Å². The van der Waals surface area contributed by atoms with Gasteiger partial charge in [-0.05, 0) is 36.0 Å². The predicted octanol–water partition coefficient (Wildman–Crippen LogP) is 4.33. The first-order valence-corrected chi connectivity index (χ1v) is 5.38. The number of hydrogen-bond acceptors (Lipinski definition) is 0. The van der Waals surface area contributed by atoms with Gasteiger partial charge in [0.1, 0.15) is 11.6 Å². The average molecular weight is 212 g/mol. The summed E-state index contributed by atoms with van der Waals surface area (Å²) in [5.41, 5.74) is 0.983. The minimum absolute atomic E-state index is 0.239. The number of benzene rings is 1. The predicted molar refractivity (Wildman–Crippen MR) is 58.8 cm³/mol. The molecule has 0 amide bonds. The number of hydrogen-bond donors (Lipinski definition) is 0. The van der Waals surface area contributed by atoms with Crippen molar-refractivity contribution < 1.29 is 8.78 Å². The van der Waals surface area contributed by atoms with Gasteiger partial charge < -0.3 is 0 Å². The van der Waals surface area contributed by atoms with E-state index in [-0.39, 0.29) is 5.41 Å². The van der Waals surface area contributed by atoms with Crippen LogP contribution < -0.4 is 0 Å². The van der Waals surface area contributed by atoms with Crippen LogP contribution in [0, 0.1) is 17.0 Å². The quantitative estimate of drug-likeness (QED) is 0.696. The lowest BCUT2D eigenvalue weighted by molar-refractivity contribution is 0.322. The van der Waals surface area contributed by atoms with Crippen LogP contribution in [0.15, 0.2) is 18.2 Å². The van der Waals surface area contributed by atoms with Crippen LogP contribution in [0.5, 0.6) is 0 Å². The summed E-state index contributed by atoms with van der Waals surface area (Å²) >= 11 is 0. The van der Waals surface area contributed by atoms with Gasteiger partial charge in [-0.25, -0.2) is 8.78 Å². The van der Waals surface area contributed by atoms with Crippen molar-refractivity contribution in [2.45, 2.75) is 40.0 Å². The van der Waals surface area contributed by atoms with Gasteiger partial charge in [-0.3, -0.25) is 0 Å². The maximum absolute atomic E-state index is 12.9. The Bertz CT molecular complexity index is 309. The van der Waals surface area contributed by atoms with Crippen molar-refractivity contribution in [1.29, 1.82) is 0 Å². The van der Waals surface area contributed by atoms with Crippen LogP contribution in [0.4, 0.5) is 8.78 Å². The SMILES string of the molecule is CCC(C)(C)CCc1cc(F)cc(F)c1. The third-order valence-electron chi connectivity index (χ3n) is 2.97. The zero-order chi connectivity index (χ0) is 11.5. The van der Waals surface area contributed by atoms with Crippen LogP contribution >= 0.6 is 0 Å². The Hall–Kier alpha value is -0.920. The second-order valence-electron chi connectivity index (χ2n) is 4.80. The van der Waals surface area contributed by atoms with Crippen molar-refractivity contribution in [2.75, 3.05) is 0 Å². The minimum atomic E-state index is -0.487. The Morgan fingerprint density at radius 3 is 2.07 bits per heavy atom. The molecule has 0 bridgehead atoms. The molecule has 0 radical (unpaired) electrons. The summed E-state index contributed by atoms with van der Waals surface area (Å²) in [5, 5.41) is 0. The van der Waals surface area contributed by atoms with Crippen LogP contribution in [0.2, 0.25) is 0 Å². The molecule has 1 aromatic rings. The summed E-state index contributed by atoms with van der Waals surface area (Å²) in [7, 11) is 0. The fourth-order valence-electron chi connectivity index (χ4n) is 1.41. The maximum atomic E-state index is 12.9. The molecular formula is C13H18F2. The van der Waals surface area contributed by atoms with Gasteiger partial charge in [0.05, 0.1) is 0 Å². The molecule has 0 saturated carbocycles. The molecule has 0 unspecified atom stereocenters. The van der Waals surface area contributed by atoms with Gasteiger partial charge in [-0.2, -0.15) is 0 Å². The highest BCUT2D eigenvalue weighted by Crippen LogP contribution is 2.26. The van der Waals surface area contributed by atoms with Crippen LogP contribution in [-0.4, -0.2) is 0 Å². The molecule has 0 aliphatic carbocycles. The maximum Gasteiger partial charge on any atom is 0.126 e. The lowest BCUT2D eigenvalue weighted by Crippen LogP contribution is -2.10. The molecule has 0 spiro atoms. The second-order valence-corrected chi connectivity index (χ2v) is 4.80. The molecule has 1 aromatic carbocycles. The molecule has 0 nitrogen and oxygen atoms in total. The Labute approximate surface area is 90.3 Å². The van der Waals surface area contributed by atoms with E-state index in [1.54, 1.807) is 0 Å². The molecule has 1 rings (SSSR count). The monoisotopic (exact) mass is 212 g/mol. The van der Waals surface area contributed by atoms with Gasteiger partial charge in [-0.15, -0.1) is 0 Å². The lowest BCUT2D eigenvalue weighted by Gasteiger charge is -2.22. The van der Waals surface area contributed by atoms with Crippen molar-refractivity contribution in [3.05, 3.63) is 35.4 Å². The molecule has 84 valence electrons. The highest BCUT2D eigenvalue weighted by Gasteiger charge is 2.15. The normalized spacial score (nSPS) is 11.8. The molecule has 15 heavy (non-hydrogen) atoms. The highest BCUT2D eigenvalue weighted by atomic mass is 19.1. The largest absolute Gasteiger partial charge is 0.207 e. The Morgan fingerprint density at radius 2 is 1.60 bits per heavy atom. The molecule has 0 aromatic heterocycles. The lowest BCUT2D eigenvalue weighted by atomic mass is 9.84. The molecule has 0 fully saturated rings. The van der Waals surface area contributed by atoms with Crippen LogP contribution in [0.25, 0.3) is 0 Å². The zero-order valence-electron chi connectivity index (χ0n) is 9.61. The molecule has 0 N–H and O–H groups in total. The average Bonchev–Trinajstić information content (AvgIpc) is 2.14. The summed E-state index contributed by atoms with van der Waals surface area (Å²) in [6, 6.07) is 3.73. The standard InChI is InChI=1S/C13H18F2/c1-4-13(2,3)6-5-10-7-11(14)9-12(15)8-10/h7-9H,4-6H2,1-3H3. The molecular weight excluding hydrogens is 194 g/mol. The van der Waals surface area contributed by atoms with E-state index >= 15 is 0 Å². The molecule has 0 heterocycles. The molecule has 2 heteroatoms. The smallest absolute Gasteiger partial charge is 0.126 e. The first kappa shape index (κ1) is 12.2. The van der Waals surface area contributed by atoms with Gasteiger partial charge in [0.15, 0.2) is 0 Å². The van der Waals surface area contributed by atoms with Gasteiger partial charge in [0, 0.05) is 6.07 Å². The summed E-state index contributed by atoms with van der Waals surface area (Å²) in [4.78, 5) is 0. The van der Waals surface area contributed by atoms with Crippen molar-refractivity contribution in [3.8, 4) is 0 Å². The van der Waals surface area contributed by atoms with Crippen molar-refractivity contribution in [2.24, 2.45) is 5.41 Å². The summed E-state index contributed by atoms with van der Waals surface area (Å²) in [6.07, 6.45) is 2.76. The summed E-state index contributed by atoms with van der Waals surface area (Å²) < 4.78 is 25.8. The molecule has 0 saturated heterocycles. The number of rotatable bonds is 4. The molecule has 0 aliphatic rings. The van der Waals surface area contributed by atoms with E-state index in [0.717, 1.165) is 30.9 Å². The van der Waals surface area contributed by atoms with E-state index in [2.05, 4.69) is 20.8 Å². The van der Waals surface area contributed by atoms with Gasteiger partial charge in [0.2, 0.25) is 0 Å². The van der Waals surface area contributed by atoms with Crippen LogP contribution in [0.1, 0.15) is 39.2 Å². The van der Waals surface area contributed by atoms with Crippen LogP contribution in [0.3, 0.4) is 0 Å². The van der Waals surface area contributed by atoms with Crippen molar-refractivity contribution in [3.63, 3.8) is 0 Å². The third-order valence-corrected chi connectivity index (χ3v) is 2.97. The second kappa shape index (κ2) is 4.73. The van der Waals surface area contributed by atoms with E-state index in [4.69, 9.17) is 0 Å². The molecule has 0 atom stereocenters. The van der Waals surface area contributed by atoms with E-state index < -0.39 is 11.6 Å². The summed E-state index contributed by atoms with van der Waals surface area (Å²) in [5.74, 6) is -0.974. The Kier molecular flexibility index (Phi) is 3.83. The van der Waals surface area contributed by atoms with E-state index in [1.165, 1.54) is 12.1 Å². The first-order chi connectivity index (χ1) is 6.93. The van der Waals surface area contributed by atoms with Crippen LogP contribution in [-0.2, 0) is 6.42 Å². The topological polar surface area (TPSA) is 0 Å².